The van der Waals surface area contributed by atoms with Gasteiger partial charge in [-0.25, -0.2) is 15.0 Å². The topological polar surface area (TPSA) is 102 Å². The second-order valence-electron chi connectivity index (χ2n) is 7.98. The molecule has 4 rings (SSSR count). The van der Waals surface area contributed by atoms with E-state index >= 15 is 0 Å². The van der Waals surface area contributed by atoms with E-state index in [2.05, 4.69) is 25.0 Å². The van der Waals surface area contributed by atoms with Crippen LogP contribution in [0.25, 0.3) is 0 Å². The van der Waals surface area contributed by atoms with E-state index in [0.29, 0.717) is 22.4 Å². The van der Waals surface area contributed by atoms with E-state index in [1.807, 2.05) is 0 Å². The number of nitrogens with zero attached hydrogens (tertiary/aromatic N) is 5. The minimum atomic E-state index is -4.52. The summed E-state index contributed by atoms with van der Waals surface area (Å²) in [6, 6.07) is 2.46. The van der Waals surface area contributed by atoms with Crippen LogP contribution in [-0.4, -0.2) is 49.0 Å². The van der Waals surface area contributed by atoms with Crippen molar-refractivity contribution in [2.45, 2.75) is 32.1 Å². The van der Waals surface area contributed by atoms with Crippen molar-refractivity contribution in [3.8, 4) is 5.88 Å². The van der Waals surface area contributed by atoms with Gasteiger partial charge in [-0.1, -0.05) is 11.6 Å². The lowest BCUT2D eigenvalue weighted by Gasteiger charge is -2.25. The molecule has 2 amide bonds. The van der Waals surface area contributed by atoms with E-state index in [1.165, 1.54) is 23.4 Å². The van der Waals surface area contributed by atoms with Crippen LogP contribution in [0, 0.1) is 0 Å². The number of rotatable bonds is 7. The number of nitrogens with one attached hydrogen (secondary N) is 1. The highest BCUT2D eigenvalue weighted by molar-refractivity contribution is 6.31. The van der Waals surface area contributed by atoms with Crippen LogP contribution in [0.4, 0.5) is 19.0 Å². The predicted octanol–water partition coefficient (Wildman–Crippen LogP) is 3.70. The third-order valence-electron chi connectivity index (χ3n) is 5.54. The number of fused-ring (bicyclic) bond motifs is 1. The van der Waals surface area contributed by atoms with Gasteiger partial charge < -0.3 is 19.5 Å². The number of imidazole rings is 1. The van der Waals surface area contributed by atoms with Crippen LogP contribution in [0.3, 0.4) is 0 Å². The molecule has 0 spiro atoms. The molecule has 0 fully saturated rings. The Morgan fingerprint density at radius 1 is 1.31 bits per heavy atom. The minimum absolute atomic E-state index is 0.0861. The fourth-order valence-corrected chi connectivity index (χ4v) is 3.90. The van der Waals surface area contributed by atoms with Crippen LogP contribution in [0.2, 0.25) is 5.02 Å². The highest BCUT2D eigenvalue weighted by atomic mass is 35.5. The van der Waals surface area contributed by atoms with Crippen LogP contribution in [0.1, 0.15) is 40.1 Å². The molecule has 184 valence electrons. The number of halogens is 4. The molecule has 0 saturated heterocycles. The highest BCUT2D eigenvalue weighted by Gasteiger charge is 2.34. The molecule has 13 heteroatoms. The van der Waals surface area contributed by atoms with Crippen LogP contribution < -0.4 is 10.1 Å². The molecule has 1 atom stereocenters. The summed E-state index contributed by atoms with van der Waals surface area (Å²) in [5.74, 6) is -0.659. The molecule has 1 N–H and O–H groups in total. The molecule has 9 nitrogen and oxygen atoms in total. The third kappa shape index (κ3) is 5.37. The number of aromatic nitrogens is 4. The largest absolute Gasteiger partial charge is 0.467 e. The van der Waals surface area contributed by atoms with Crippen LogP contribution in [0.5, 0.6) is 5.88 Å². The fourth-order valence-electron chi connectivity index (χ4n) is 3.67. The van der Waals surface area contributed by atoms with E-state index < -0.39 is 18.8 Å². The number of anilines is 1. The van der Waals surface area contributed by atoms with Crippen molar-refractivity contribution in [2.24, 2.45) is 7.05 Å². The van der Waals surface area contributed by atoms with Gasteiger partial charge in [-0.2, -0.15) is 13.2 Å². The lowest BCUT2D eigenvalue weighted by Crippen LogP contribution is -2.27. The van der Waals surface area contributed by atoms with Gasteiger partial charge in [-0.15, -0.1) is 0 Å². The quantitative estimate of drug-likeness (QED) is 0.522. The van der Waals surface area contributed by atoms with Gasteiger partial charge in [0.1, 0.15) is 10.8 Å². The van der Waals surface area contributed by atoms with Gasteiger partial charge in [0.15, 0.2) is 6.61 Å². The second-order valence-corrected chi connectivity index (χ2v) is 8.38. The predicted molar refractivity (Wildman–Crippen MR) is 119 cm³/mol. The van der Waals surface area contributed by atoms with E-state index in [-0.39, 0.29) is 41.5 Å². The van der Waals surface area contributed by atoms with Gasteiger partial charge in [0, 0.05) is 42.5 Å². The van der Waals surface area contributed by atoms with Gasteiger partial charge >= 0.3 is 6.18 Å². The molecule has 0 aromatic carbocycles. The van der Waals surface area contributed by atoms with Gasteiger partial charge in [0.05, 0.1) is 25.3 Å². The molecular formula is C22H20ClF3N6O3. The number of hydrogen-bond donors (Lipinski definition) is 1. The third-order valence-corrected chi connectivity index (χ3v) is 5.81. The lowest BCUT2D eigenvalue weighted by molar-refractivity contribution is -0.154. The first kappa shape index (κ1) is 24.5. The summed E-state index contributed by atoms with van der Waals surface area (Å²) in [5, 5.41) is 2.65. The molecule has 3 aromatic heterocycles. The summed E-state index contributed by atoms with van der Waals surface area (Å²) >= 11 is 6.06. The Labute approximate surface area is 202 Å². The van der Waals surface area contributed by atoms with E-state index in [1.54, 1.807) is 37.1 Å². The van der Waals surface area contributed by atoms with Crippen molar-refractivity contribution in [3.05, 3.63) is 64.5 Å². The lowest BCUT2D eigenvalue weighted by atomic mass is 10.1. The number of carbonyl (C=O) groups is 2. The Morgan fingerprint density at radius 2 is 2.09 bits per heavy atom. The number of amides is 2. The summed E-state index contributed by atoms with van der Waals surface area (Å²) < 4.78 is 43.6. The Kier molecular flexibility index (Phi) is 6.66. The SMILES string of the molecule is CC(c1cnc(OCC(F)(F)F)c(Cl)c1)N1Cc2c(ccnc2NC(=O)Cc2cncn2C)C1=O. The summed E-state index contributed by atoms with van der Waals surface area (Å²) in [7, 11) is 1.78. The summed E-state index contributed by atoms with van der Waals surface area (Å²) in [4.78, 5) is 39.3. The summed E-state index contributed by atoms with van der Waals surface area (Å²) in [6.07, 6.45) is 1.50. The number of ether oxygens (including phenoxy) is 1. The molecule has 0 aliphatic carbocycles. The maximum absolute atomic E-state index is 13.1. The molecule has 1 aliphatic rings. The number of alkyl halides is 3. The Morgan fingerprint density at radius 3 is 2.74 bits per heavy atom. The van der Waals surface area contributed by atoms with Gasteiger partial charge in [-0.3, -0.25) is 9.59 Å². The highest BCUT2D eigenvalue weighted by Crippen LogP contribution is 2.35. The molecule has 1 aliphatic heterocycles. The van der Waals surface area contributed by atoms with Crippen molar-refractivity contribution < 1.29 is 27.5 Å². The second kappa shape index (κ2) is 9.53. The monoisotopic (exact) mass is 508 g/mol. The number of aryl methyl sites for hydroxylation is 1. The molecule has 3 aromatic rings. The average Bonchev–Trinajstić information content (AvgIpc) is 3.35. The molecule has 0 bridgehead atoms. The van der Waals surface area contributed by atoms with Crippen molar-refractivity contribution in [2.75, 3.05) is 11.9 Å². The molecular weight excluding hydrogens is 489 g/mol. The summed E-state index contributed by atoms with van der Waals surface area (Å²) in [6.45, 7) is 0.381. The van der Waals surface area contributed by atoms with Crippen LogP contribution in [0.15, 0.2) is 37.1 Å². The zero-order chi connectivity index (χ0) is 25.3. The molecule has 0 radical (unpaired) electrons. The zero-order valence-corrected chi connectivity index (χ0v) is 19.4. The number of hydrogen-bond acceptors (Lipinski definition) is 6. The Bertz CT molecular complexity index is 1280. The first-order chi connectivity index (χ1) is 16.5. The molecule has 4 heterocycles. The van der Waals surface area contributed by atoms with Crippen LogP contribution >= 0.6 is 11.6 Å². The number of carbonyl (C=O) groups excluding carboxylic acids is 2. The maximum Gasteiger partial charge on any atom is 0.422 e. The average molecular weight is 509 g/mol. The van der Waals surface area contributed by atoms with Crippen molar-refractivity contribution in [1.29, 1.82) is 0 Å². The first-order valence-corrected chi connectivity index (χ1v) is 10.8. The smallest absolute Gasteiger partial charge is 0.422 e. The standard InChI is InChI=1S/C22H20ClF3N6O3/c1-12(13-5-17(23)20(29-7-13)35-10-22(24,25)26)32-9-16-15(21(32)34)3-4-28-19(16)30-18(33)6-14-8-27-11-31(14)2/h3-5,7-8,11-12H,6,9-10H2,1-2H3,(H,28,30,33). The van der Waals surface area contributed by atoms with Gasteiger partial charge in [-0.05, 0) is 24.6 Å². The van der Waals surface area contributed by atoms with Crippen molar-refractivity contribution >= 4 is 29.2 Å². The summed E-state index contributed by atoms with van der Waals surface area (Å²) in [5.41, 5.74) is 2.18. The first-order valence-electron chi connectivity index (χ1n) is 10.4. The molecule has 1 unspecified atom stereocenters. The normalized spacial score (nSPS) is 14.1. The van der Waals surface area contributed by atoms with E-state index in [0.717, 1.165) is 0 Å². The molecule has 35 heavy (non-hydrogen) atoms. The number of pyridine rings is 2. The zero-order valence-electron chi connectivity index (χ0n) is 18.6. The molecule has 0 saturated carbocycles. The fraction of sp³-hybridized carbons (Fsp3) is 0.318. The van der Waals surface area contributed by atoms with Crippen LogP contribution in [-0.2, 0) is 24.8 Å². The van der Waals surface area contributed by atoms with E-state index in [4.69, 9.17) is 11.6 Å². The van der Waals surface area contributed by atoms with Crippen molar-refractivity contribution in [3.63, 3.8) is 0 Å². The van der Waals surface area contributed by atoms with Gasteiger partial charge in [0.2, 0.25) is 11.8 Å². The Hall–Kier alpha value is -3.67. The van der Waals surface area contributed by atoms with Crippen molar-refractivity contribution in [1.82, 2.24) is 24.4 Å². The van der Waals surface area contributed by atoms with E-state index in [9.17, 15) is 22.8 Å². The van der Waals surface area contributed by atoms with Gasteiger partial charge in [0.25, 0.3) is 5.91 Å². The Balaban J connectivity index is 1.49. The maximum atomic E-state index is 13.1. The minimum Gasteiger partial charge on any atom is -0.467 e.